The molecule has 0 radical (unpaired) electrons. The second-order valence-corrected chi connectivity index (χ2v) is 6.01. The number of hydrogen-bond acceptors (Lipinski definition) is 5. The highest BCUT2D eigenvalue weighted by molar-refractivity contribution is 5.85. The number of methoxy groups -OCH3 is 3. The van der Waals surface area contributed by atoms with Crippen LogP contribution in [0.3, 0.4) is 0 Å². The number of nitrogens with zero attached hydrogens (tertiary/aromatic N) is 1. The molecule has 24 heavy (non-hydrogen) atoms. The largest absolute Gasteiger partial charge is 0.496 e. The van der Waals surface area contributed by atoms with Crippen molar-refractivity contribution in [3.8, 4) is 17.2 Å². The lowest BCUT2D eigenvalue weighted by Crippen LogP contribution is -2.45. The van der Waals surface area contributed by atoms with Gasteiger partial charge < -0.3 is 19.5 Å². The van der Waals surface area contributed by atoms with Crippen molar-refractivity contribution >= 4 is 24.8 Å². The Bertz CT molecular complexity index is 496. The molecule has 1 aromatic carbocycles. The van der Waals surface area contributed by atoms with Gasteiger partial charge in [0.25, 0.3) is 0 Å². The fourth-order valence-electron chi connectivity index (χ4n) is 3.41. The highest BCUT2D eigenvalue weighted by Crippen LogP contribution is 2.51. The summed E-state index contributed by atoms with van der Waals surface area (Å²) in [5.74, 6) is 3.21. The van der Waals surface area contributed by atoms with Crippen molar-refractivity contribution in [2.75, 3.05) is 47.5 Å². The Labute approximate surface area is 156 Å². The van der Waals surface area contributed by atoms with E-state index in [-0.39, 0.29) is 24.8 Å². The smallest absolute Gasteiger partial charge is 0.131 e. The molecular formula is C17H28Cl2N2O3. The highest BCUT2D eigenvalue weighted by atomic mass is 35.5. The van der Waals surface area contributed by atoms with Crippen molar-refractivity contribution in [2.45, 2.75) is 18.9 Å². The van der Waals surface area contributed by atoms with Crippen LogP contribution in [0.25, 0.3) is 0 Å². The first kappa shape index (κ1) is 21.2. The quantitative estimate of drug-likeness (QED) is 0.824. The van der Waals surface area contributed by atoms with Gasteiger partial charge in [-0.1, -0.05) is 0 Å². The van der Waals surface area contributed by atoms with E-state index in [0.29, 0.717) is 12.0 Å². The van der Waals surface area contributed by atoms with Gasteiger partial charge in [0.05, 0.1) is 26.9 Å². The zero-order valence-corrected chi connectivity index (χ0v) is 16.2. The molecule has 1 saturated carbocycles. The van der Waals surface area contributed by atoms with Crippen LogP contribution in [-0.4, -0.2) is 52.4 Å². The Morgan fingerprint density at radius 2 is 1.50 bits per heavy atom. The van der Waals surface area contributed by atoms with Crippen LogP contribution in [0, 0.1) is 5.92 Å². The maximum Gasteiger partial charge on any atom is 0.131 e. The van der Waals surface area contributed by atoms with Gasteiger partial charge in [-0.15, -0.1) is 24.8 Å². The Morgan fingerprint density at radius 3 is 1.92 bits per heavy atom. The molecule has 0 amide bonds. The predicted octanol–water partition coefficient (Wildman–Crippen LogP) is 2.91. The molecule has 0 spiro atoms. The molecule has 0 unspecified atom stereocenters. The van der Waals surface area contributed by atoms with Crippen molar-refractivity contribution in [1.29, 1.82) is 0 Å². The molecule has 5 nitrogen and oxygen atoms in total. The van der Waals surface area contributed by atoms with Gasteiger partial charge in [-0.2, -0.15) is 0 Å². The normalized spacial score (nSPS) is 18.8. The minimum Gasteiger partial charge on any atom is -0.496 e. The summed E-state index contributed by atoms with van der Waals surface area (Å²) in [6.07, 6.45) is 2.57. The van der Waals surface area contributed by atoms with Crippen molar-refractivity contribution in [2.24, 2.45) is 5.92 Å². The molecule has 1 aromatic rings. The van der Waals surface area contributed by atoms with Gasteiger partial charge >= 0.3 is 0 Å². The summed E-state index contributed by atoms with van der Waals surface area (Å²) in [5, 5.41) is 3.43. The van der Waals surface area contributed by atoms with Gasteiger partial charge in [0.15, 0.2) is 0 Å². The van der Waals surface area contributed by atoms with Crippen molar-refractivity contribution in [3.05, 3.63) is 17.7 Å². The van der Waals surface area contributed by atoms with E-state index in [2.05, 4.69) is 10.2 Å². The van der Waals surface area contributed by atoms with Crippen LogP contribution < -0.4 is 19.5 Å². The van der Waals surface area contributed by atoms with Gasteiger partial charge in [-0.25, -0.2) is 0 Å². The summed E-state index contributed by atoms with van der Waals surface area (Å²) >= 11 is 0. The molecule has 3 rings (SSSR count). The third kappa shape index (κ3) is 4.39. The van der Waals surface area contributed by atoms with Crippen LogP contribution in [0.1, 0.15) is 24.4 Å². The molecule has 1 saturated heterocycles. The van der Waals surface area contributed by atoms with Gasteiger partial charge in [0.1, 0.15) is 17.2 Å². The molecule has 1 N–H and O–H groups in total. The molecule has 138 valence electrons. The summed E-state index contributed by atoms with van der Waals surface area (Å²) in [6, 6.07) is 4.31. The van der Waals surface area contributed by atoms with Gasteiger partial charge in [-0.05, 0) is 18.8 Å². The van der Waals surface area contributed by atoms with Gasteiger partial charge in [-0.3, -0.25) is 4.90 Å². The van der Waals surface area contributed by atoms with Gasteiger partial charge in [0, 0.05) is 44.4 Å². The minimum absolute atomic E-state index is 0. The number of halogens is 2. The fourth-order valence-corrected chi connectivity index (χ4v) is 3.41. The number of hydrogen-bond donors (Lipinski definition) is 1. The number of nitrogens with one attached hydrogen (secondary N) is 1. The SMILES string of the molecule is COc1cc(OC)c([C@H](C2CC2)N2CCNCC2)c(OC)c1.Cl.Cl. The minimum atomic E-state index is 0. The number of piperazine rings is 1. The lowest BCUT2D eigenvalue weighted by Gasteiger charge is -2.36. The first-order valence-corrected chi connectivity index (χ1v) is 8.03. The first-order valence-electron chi connectivity index (χ1n) is 8.03. The molecule has 1 heterocycles. The first-order chi connectivity index (χ1) is 10.8. The Morgan fingerprint density at radius 1 is 0.958 bits per heavy atom. The van der Waals surface area contributed by atoms with Crippen molar-refractivity contribution < 1.29 is 14.2 Å². The van der Waals surface area contributed by atoms with E-state index < -0.39 is 0 Å². The Balaban J connectivity index is 0.00000144. The van der Waals surface area contributed by atoms with E-state index in [9.17, 15) is 0 Å². The molecule has 0 bridgehead atoms. The average Bonchev–Trinajstić information content (AvgIpc) is 3.40. The fraction of sp³-hybridized carbons (Fsp3) is 0.647. The van der Waals surface area contributed by atoms with Crippen molar-refractivity contribution in [1.82, 2.24) is 10.2 Å². The monoisotopic (exact) mass is 378 g/mol. The molecule has 1 aliphatic heterocycles. The third-order valence-electron chi connectivity index (χ3n) is 4.66. The summed E-state index contributed by atoms with van der Waals surface area (Å²) in [4.78, 5) is 2.57. The van der Waals surface area contributed by atoms with Crippen LogP contribution in [0.4, 0.5) is 0 Å². The van der Waals surface area contributed by atoms with E-state index in [1.165, 1.54) is 18.4 Å². The van der Waals surface area contributed by atoms with Crippen LogP contribution in [-0.2, 0) is 0 Å². The van der Waals surface area contributed by atoms with Crippen molar-refractivity contribution in [3.63, 3.8) is 0 Å². The topological polar surface area (TPSA) is 43.0 Å². The summed E-state index contributed by atoms with van der Waals surface area (Å²) in [5.41, 5.74) is 1.18. The molecule has 1 atom stereocenters. The molecular weight excluding hydrogens is 351 g/mol. The zero-order valence-electron chi connectivity index (χ0n) is 14.5. The highest BCUT2D eigenvalue weighted by Gasteiger charge is 2.40. The number of rotatable bonds is 6. The number of benzene rings is 1. The zero-order chi connectivity index (χ0) is 15.5. The van der Waals surface area contributed by atoms with E-state index in [1.54, 1.807) is 21.3 Å². The molecule has 7 heteroatoms. The predicted molar refractivity (Wildman–Crippen MR) is 101 cm³/mol. The Kier molecular flexibility index (Phi) is 8.43. The summed E-state index contributed by atoms with van der Waals surface area (Å²) in [6.45, 7) is 4.23. The standard InChI is InChI=1S/C17H26N2O3.2ClH/c1-20-13-10-14(21-2)16(15(11-13)22-3)17(12-4-5-12)19-8-6-18-7-9-19;;/h10-12,17-18H,4-9H2,1-3H3;2*1H/t17-;;/m0../s1. The lowest BCUT2D eigenvalue weighted by atomic mass is 9.97. The van der Waals surface area contributed by atoms with Gasteiger partial charge in [0.2, 0.25) is 0 Å². The Hall–Kier alpha value is -0.880. The van der Waals surface area contributed by atoms with E-state index in [4.69, 9.17) is 14.2 Å². The molecule has 2 aliphatic rings. The molecule has 0 aromatic heterocycles. The van der Waals surface area contributed by atoms with Crippen LogP contribution in [0.15, 0.2) is 12.1 Å². The number of ether oxygens (including phenoxy) is 3. The molecule has 1 aliphatic carbocycles. The lowest BCUT2D eigenvalue weighted by molar-refractivity contribution is 0.150. The maximum absolute atomic E-state index is 5.68. The third-order valence-corrected chi connectivity index (χ3v) is 4.66. The van der Waals surface area contributed by atoms with E-state index >= 15 is 0 Å². The average molecular weight is 379 g/mol. The second-order valence-electron chi connectivity index (χ2n) is 6.01. The second kappa shape index (κ2) is 9.56. The van der Waals surface area contributed by atoms with E-state index in [0.717, 1.165) is 43.4 Å². The maximum atomic E-state index is 5.68. The van der Waals surface area contributed by atoms with Crippen LogP contribution in [0.5, 0.6) is 17.2 Å². The van der Waals surface area contributed by atoms with E-state index in [1.807, 2.05) is 12.1 Å². The molecule has 2 fully saturated rings. The van der Waals surface area contributed by atoms with Crippen LogP contribution in [0.2, 0.25) is 0 Å². The summed E-state index contributed by atoms with van der Waals surface area (Å²) in [7, 11) is 5.11. The summed E-state index contributed by atoms with van der Waals surface area (Å²) < 4.78 is 16.7. The van der Waals surface area contributed by atoms with Crippen LogP contribution >= 0.6 is 24.8 Å².